The van der Waals surface area contributed by atoms with Crippen molar-refractivity contribution in [1.29, 1.82) is 0 Å². The van der Waals surface area contributed by atoms with Gasteiger partial charge in [-0.3, -0.25) is 9.59 Å². The fourth-order valence-electron chi connectivity index (χ4n) is 2.37. The average molecular weight is 383 g/mol. The Morgan fingerprint density at radius 1 is 0.893 bits per heavy atom. The maximum atomic E-state index is 13.7. The number of anilines is 4. The number of amides is 2. The topological polar surface area (TPSA) is 96.0 Å². The molecule has 3 aromatic rings. The Morgan fingerprint density at radius 2 is 1.57 bits per heavy atom. The highest BCUT2D eigenvalue weighted by molar-refractivity contribution is 6.03. The highest BCUT2D eigenvalue weighted by Crippen LogP contribution is 2.21. The van der Waals surface area contributed by atoms with E-state index in [1.54, 1.807) is 24.3 Å². The summed E-state index contributed by atoms with van der Waals surface area (Å²) >= 11 is 0. The lowest BCUT2D eigenvalue weighted by molar-refractivity contribution is -0.114. The monoisotopic (exact) mass is 383 g/mol. The van der Waals surface area contributed by atoms with Crippen molar-refractivity contribution in [1.82, 2.24) is 9.97 Å². The van der Waals surface area contributed by atoms with Crippen molar-refractivity contribution in [3.8, 4) is 0 Å². The fourth-order valence-corrected chi connectivity index (χ4v) is 2.37. The number of para-hydroxylation sites is 1. The van der Waals surface area contributed by atoms with Crippen LogP contribution < -0.4 is 16.0 Å². The van der Waals surface area contributed by atoms with Crippen LogP contribution in [0.5, 0.6) is 0 Å². The van der Waals surface area contributed by atoms with Gasteiger partial charge in [0.2, 0.25) is 5.91 Å². The van der Waals surface area contributed by atoms with Crippen LogP contribution in [0, 0.1) is 11.6 Å². The number of nitrogens with one attached hydrogen (secondary N) is 3. The maximum absolute atomic E-state index is 13.7. The number of halogens is 2. The average Bonchev–Trinajstić information content (AvgIpc) is 2.65. The zero-order valence-corrected chi connectivity index (χ0v) is 14.7. The van der Waals surface area contributed by atoms with Crippen LogP contribution >= 0.6 is 0 Å². The summed E-state index contributed by atoms with van der Waals surface area (Å²) in [6, 6.07) is 11.5. The van der Waals surface area contributed by atoms with Crippen molar-refractivity contribution in [3.05, 3.63) is 72.2 Å². The van der Waals surface area contributed by atoms with Gasteiger partial charge in [0.05, 0.1) is 0 Å². The predicted molar refractivity (Wildman–Crippen MR) is 100 cm³/mol. The largest absolute Gasteiger partial charge is 0.340 e. The molecule has 2 aromatic carbocycles. The van der Waals surface area contributed by atoms with E-state index >= 15 is 0 Å². The summed E-state index contributed by atoms with van der Waals surface area (Å²) in [6.07, 6.45) is 1.15. The van der Waals surface area contributed by atoms with E-state index < -0.39 is 23.2 Å². The van der Waals surface area contributed by atoms with Crippen molar-refractivity contribution in [2.45, 2.75) is 6.92 Å². The molecule has 28 heavy (non-hydrogen) atoms. The first-order valence-corrected chi connectivity index (χ1v) is 8.14. The summed E-state index contributed by atoms with van der Waals surface area (Å²) in [5.74, 6) is -2.50. The molecule has 7 nitrogen and oxygen atoms in total. The lowest BCUT2D eigenvalue weighted by Crippen LogP contribution is -2.16. The molecular formula is C19H15F2N5O2. The second-order valence-electron chi connectivity index (χ2n) is 5.73. The normalized spacial score (nSPS) is 10.2. The van der Waals surface area contributed by atoms with E-state index in [0.717, 1.165) is 18.5 Å². The van der Waals surface area contributed by atoms with E-state index in [4.69, 9.17) is 0 Å². The van der Waals surface area contributed by atoms with Gasteiger partial charge < -0.3 is 16.0 Å². The van der Waals surface area contributed by atoms with E-state index in [2.05, 4.69) is 25.9 Å². The third-order valence-electron chi connectivity index (χ3n) is 3.56. The molecule has 1 aromatic heterocycles. The van der Waals surface area contributed by atoms with Crippen LogP contribution in [-0.2, 0) is 4.79 Å². The molecule has 3 N–H and O–H groups in total. The number of hydrogen-bond acceptors (Lipinski definition) is 5. The van der Waals surface area contributed by atoms with Gasteiger partial charge in [0.25, 0.3) is 5.91 Å². The first kappa shape index (κ1) is 18.9. The van der Waals surface area contributed by atoms with Crippen molar-refractivity contribution in [2.75, 3.05) is 16.0 Å². The quantitative estimate of drug-likeness (QED) is 0.624. The van der Waals surface area contributed by atoms with E-state index in [0.29, 0.717) is 11.4 Å². The maximum Gasteiger partial charge on any atom is 0.274 e. The zero-order chi connectivity index (χ0) is 20.1. The van der Waals surface area contributed by atoms with Gasteiger partial charge in [-0.05, 0) is 30.3 Å². The lowest BCUT2D eigenvalue weighted by atomic mass is 10.2. The zero-order valence-electron chi connectivity index (χ0n) is 14.7. The van der Waals surface area contributed by atoms with Crippen LogP contribution in [0.25, 0.3) is 0 Å². The summed E-state index contributed by atoms with van der Waals surface area (Å²) in [7, 11) is 0. The van der Waals surface area contributed by atoms with Crippen LogP contribution in [0.1, 0.15) is 17.4 Å². The van der Waals surface area contributed by atoms with E-state index in [9.17, 15) is 18.4 Å². The molecule has 0 saturated heterocycles. The van der Waals surface area contributed by atoms with Gasteiger partial charge in [-0.1, -0.05) is 12.1 Å². The number of aromatic nitrogens is 2. The Balaban J connectivity index is 1.77. The third kappa shape index (κ3) is 4.64. The van der Waals surface area contributed by atoms with Crippen LogP contribution in [0.3, 0.4) is 0 Å². The van der Waals surface area contributed by atoms with Crippen LogP contribution in [0.2, 0.25) is 0 Å². The summed E-state index contributed by atoms with van der Waals surface area (Å²) in [4.78, 5) is 31.3. The smallest absolute Gasteiger partial charge is 0.274 e. The molecule has 0 atom stereocenters. The lowest BCUT2D eigenvalue weighted by Gasteiger charge is -2.10. The van der Waals surface area contributed by atoms with Crippen LogP contribution in [0.4, 0.5) is 31.7 Å². The number of nitrogens with zero attached hydrogens (tertiary/aromatic N) is 2. The van der Waals surface area contributed by atoms with Gasteiger partial charge in [-0.2, -0.15) is 0 Å². The summed E-state index contributed by atoms with van der Waals surface area (Å²) in [5.41, 5.74) is 0.554. The Labute approximate surface area is 158 Å². The first-order valence-electron chi connectivity index (χ1n) is 8.14. The third-order valence-corrected chi connectivity index (χ3v) is 3.56. The standard InChI is InChI=1S/C19H15F2N5O2/c1-11(27)24-12-4-2-5-13(8-12)25-17-9-16(22-10-23-17)19(28)26-18-14(20)6-3-7-15(18)21/h2-10H,1H3,(H,24,27)(H,26,28)(H,22,23,25). The Kier molecular flexibility index (Phi) is 5.54. The van der Waals surface area contributed by atoms with E-state index in [1.165, 1.54) is 19.1 Å². The minimum atomic E-state index is -0.893. The first-order chi connectivity index (χ1) is 13.4. The van der Waals surface area contributed by atoms with Crippen LogP contribution in [-0.4, -0.2) is 21.8 Å². The van der Waals surface area contributed by atoms with Gasteiger partial charge in [0.15, 0.2) is 0 Å². The van der Waals surface area contributed by atoms with Gasteiger partial charge in [0.1, 0.15) is 35.2 Å². The number of rotatable bonds is 5. The molecule has 0 fully saturated rings. The minimum Gasteiger partial charge on any atom is -0.340 e. The fraction of sp³-hybridized carbons (Fsp3) is 0.0526. The molecule has 0 aliphatic carbocycles. The number of carbonyl (C=O) groups is 2. The molecular weight excluding hydrogens is 368 g/mol. The van der Waals surface area contributed by atoms with Crippen molar-refractivity contribution >= 4 is 34.7 Å². The predicted octanol–water partition coefficient (Wildman–Crippen LogP) is 3.71. The molecule has 2 amide bonds. The number of carbonyl (C=O) groups excluding carboxylic acids is 2. The molecule has 0 radical (unpaired) electrons. The highest BCUT2D eigenvalue weighted by atomic mass is 19.1. The number of hydrogen-bond donors (Lipinski definition) is 3. The summed E-state index contributed by atoms with van der Waals surface area (Å²) in [5, 5.41) is 7.78. The SMILES string of the molecule is CC(=O)Nc1cccc(Nc2cc(C(=O)Nc3c(F)cccc3F)ncn2)c1. The van der Waals surface area contributed by atoms with Gasteiger partial charge in [-0.15, -0.1) is 0 Å². The summed E-state index contributed by atoms with van der Waals surface area (Å²) < 4.78 is 27.4. The molecule has 1 heterocycles. The van der Waals surface area contributed by atoms with Crippen molar-refractivity contribution in [2.24, 2.45) is 0 Å². The molecule has 0 unspecified atom stereocenters. The van der Waals surface area contributed by atoms with Gasteiger partial charge >= 0.3 is 0 Å². The number of benzene rings is 2. The molecule has 0 aliphatic rings. The Hall–Kier alpha value is -3.88. The second-order valence-corrected chi connectivity index (χ2v) is 5.73. The van der Waals surface area contributed by atoms with E-state index in [1.807, 2.05) is 0 Å². The molecule has 0 aliphatic heterocycles. The molecule has 0 saturated carbocycles. The molecule has 0 spiro atoms. The Bertz CT molecular complexity index is 1020. The van der Waals surface area contributed by atoms with Crippen molar-refractivity contribution in [3.63, 3.8) is 0 Å². The highest BCUT2D eigenvalue weighted by Gasteiger charge is 2.15. The van der Waals surface area contributed by atoms with Crippen LogP contribution in [0.15, 0.2) is 54.9 Å². The summed E-state index contributed by atoms with van der Waals surface area (Å²) in [6.45, 7) is 1.40. The molecule has 3 rings (SSSR count). The Morgan fingerprint density at radius 3 is 2.29 bits per heavy atom. The molecule has 9 heteroatoms. The van der Waals surface area contributed by atoms with Gasteiger partial charge in [0, 0.05) is 24.4 Å². The minimum absolute atomic E-state index is 0.0850. The molecule has 142 valence electrons. The van der Waals surface area contributed by atoms with Gasteiger partial charge in [-0.25, -0.2) is 18.7 Å². The van der Waals surface area contributed by atoms with E-state index in [-0.39, 0.29) is 17.4 Å². The van der Waals surface area contributed by atoms with Crippen molar-refractivity contribution < 1.29 is 18.4 Å². The molecule has 0 bridgehead atoms. The second kappa shape index (κ2) is 8.21.